The molecule has 2 aliphatic rings. The lowest BCUT2D eigenvalue weighted by Crippen LogP contribution is -2.70. The summed E-state index contributed by atoms with van der Waals surface area (Å²) in [6, 6.07) is 3.69. The number of carbonyl (C=O) groups is 4. The SMILES string of the molecule is CC(=O)OCC1=C(C(=O)O)N2C(=O)[C@@H](NC(=O)c3cc4cc(Br)cc(Br)c4oc3=O)[C@H]2SC1. The van der Waals surface area contributed by atoms with Crippen LogP contribution >= 0.6 is 43.6 Å². The molecule has 1 aromatic carbocycles. The van der Waals surface area contributed by atoms with Crippen LogP contribution in [-0.4, -0.2) is 57.5 Å². The Labute approximate surface area is 206 Å². The number of carboxylic acids is 1. The fourth-order valence-corrected chi connectivity index (χ4v) is 6.18. The fraction of sp³-hybridized carbons (Fsp3) is 0.250. The zero-order valence-corrected chi connectivity index (χ0v) is 20.7. The Kier molecular flexibility index (Phi) is 6.38. The van der Waals surface area contributed by atoms with Gasteiger partial charge in [-0.1, -0.05) is 15.9 Å². The molecular weight excluding hydrogens is 588 g/mol. The number of ether oxygens (including phenoxy) is 1. The lowest BCUT2D eigenvalue weighted by molar-refractivity contribution is -0.149. The summed E-state index contributed by atoms with van der Waals surface area (Å²) in [6.07, 6.45) is 0. The number of fused-ring (bicyclic) bond motifs is 2. The van der Waals surface area contributed by atoms with Gasteiger partial charge in [-0.15, -0.1) is 11.8 Å². The highest BCUT2D eigenvalue weighted by molar-refractivity contribution is 9.11. The number of thioether (sulfide) groups is 1. The Bertz CT molecular complexity index is 1320. The minimum atomic E-state index is -1.34. The first-order valence-corrected chi connectivity index (χ1v) is 12.0. The Balaban J connectivity index is 1.57. The van der Waals surface area contributed by atoms with Crippen molar-refractivity contribution in [1.29, 1.82) is 0 Å². The standard InChI is InChI=1S/C20H14Br2N2O8S/c1-7(25)31-5-9-6-33-18-13(17(27)24(18)14(9)19(28)29)23-16(26)11-3-8-2-10(21)4-12(22)15(8)32-20(11)30/h2-4,13,18H,5-6H2,1H3,(H,23,26)(H,28,29)/t13-,18-/m1/s1. The Morgan fingerprint density at radius 3 is 2.67 bits per heavy atom. The van der Waals surface area contributed by atoms with Crippen LogP contribution in [0.25, 0.3) is 11.0 Å². The van der Waals surface area contributed by atoms with Gasteiger partial charge in [0, 0.05) is 28.1 Å². The van der Waals surface area contributed by atoms with Crippen LogP contribution in [0.2, 0.25) is 0 Å². The molecule has 2 aromatic rings. The molecule has 0 bridgehead atoms. The van der Waals surface area contributed by atoms with Crippen LogP contribution in [0.15, 0.2) is 47.6 Å². The van der Waals surface area contributed by atoms with E-state index in [0.717, 1.165) is 4.90 Å². The normalized spacial score (nSPS) is 19.7. The number of amides is 2. The fourth-order valence-electron chi connectivity index (χ4n) is 3.52. The first-order chi connectivity index (χ1) is 15.6. The molecule has 13 heteroatoms. The van der Waals surface area contributed by atoms with E-state index < -0.39 is 40.8 Å². The minimum Gasteiger partial charge on any atom is -0.477 e. The molecular formula is C20H14Br2N2O8S. The van der Waals surface area contributed by atoms with Crippen molar-refractivity contribution >= 4 is 78.3 Å². The van der Waals surface area contributed by atoms with Gasteiger partial charge in [-0.05, 0) is 34.1 Å². The molecule has 0 unspecified atom stereocenters. The van der Waals surface area contributed by atoms with E-state index in [-0.39, 0.29) is 34.8 Å². The number of carboxylic acid groups (broad SMARTS) is 1. The average Bonchev–Trinajstić information content (AvgIpc) is 2.75. The highest BCUT2D eigenvalue weighted by Crippen LogP contribution is 2.40. The van der Waals surface area contributed by atoms with Gasteiger partial charge in [-0.3, -0.25) is 19.3 Å². The number of aliphatic carboxylic acids is 1. The van der Waals surface area contributed by atoms with E-state index >= 15 is 0 Å². The molecule has 10 nitrogen and oxygen atoms in total. The lowest BCUT2D eigenvalue weighted by atomic mass is 10.0. The van der Waals surface area contributed by atoms with Crippen LogP contribution in [-0.2, 0) is 19.1 Å². The first kappa shape index (κ1) is 23.5. The van der Waals surface area contributed by atoms with Gasteiger partial charge < -0.3 is 19.6 Å². The molecule has 2 aliphatic heterocycles. The molecule has 172 valence electrons. The monoisotopic (exact) mass is 600 g/mol. The maximum absolute atomic E-state index is 12.8. The van der Waals surface area contributed by atoms with Crippen molar-refractivity contribution in [3.8, 4) is 0 Å². The molecule has 1 aromatic heterocycles. The summed E-state index contributed by atoms with van der Waals surface area (Å²) < 4.78 is 11.4. The van der Waals surface area contributed by atoms with E-state index in [1.165, 1.54) is 24.8 Å². The molecule has 0 aliphatic carbocycles. The molecule has 0 radical (unpaired) electrons. The number of halogens is 2. The van der Waals surface area contributed by atoms with Crippen molar-refractivity contribution < 1.29 is 33.4 Å². The van der Waals surface area contributed by atoms with Crippen LogP contribution in [0.1, 0.15) is 17.3 Å². The Morgan fingerprint density at radius 1 is 1.27 bits per heavy atom. The van der Waals surface area contributed by atoms with Crippen molar-refractivity contribution in [1.82, 2.24) is 10.2 Å². The van der Waals surface area contributed by atoms with Gasteiger partial charge in [0.15, 0.2) is 5.58 Å². The van der Waals surface area contributed by atoms with Gasteiger partial charge in [0.1, 0.15) is 29.3 Å². The lowest BCUT2D eigenvalue weighted by Gasteiger charge is -2.49. The maximum Gasteiger partial charge on any atom is 0.352 e. The first-order valence-electron chi connectivity index (χ1n) is 9.35. The summed E-state index contributed by atoms with van der Waals surface area (Å²) in [5.41, 5.74) is -0.884. The van der Waals surface area contributed by atoms with Crippen LogP contribution < -0.4 is 10.9 Å². The number of hydrogen-bond donors (Lipinski definition) is 2. The number of nitrogens with one attached hydrogen (secondary N) is 1. The van der Waals surface area contributed by atoms with Crippen molar-refractivity contribution in [2.75, 3.05) is 12.4 Å². The third-order valence-corrected chi connectivity index (χ3v) is 7.37. The van der Waals surface area contributed by atoms with Crippen LogP contribution in [0.5, 0.6) is 0 Å². The second-order valence-electron chi connectivity index (χ2n) is 7.15. The number of benzene rings is 1. The van der Waals surface area contributed by atoms with Crippen molar-refractivity contribution in [2.45, 2.75) is 18.3 Å². The van der Waals surface area contributed by atoms with E-state index in [9.17, 15) is 29.1 Å². The molecule has 2 N–H and O–H groups in total. The average molecular weight is 602 g/mol. The predicted molar refractivity (Wildman–Crippen MR) is 124 cm³/mol. The van der Waals surface area contributed by atoms with E-state index in [1.54, 1.807) is 12.1 Å². The number of esters is 1. The number of hydrogen-bond acceptors (Lipinski definition) is 8. The number of carbonyl (C=O) groups excluding carboxylic acids is 3. The third kappa shape index (κ3) is 4.32. The molecule has 2 atom stereocenters. The van der Waals surface area contributed by atoms with E-state index in [0.29, 0.717) is 14.3 Å². The topological polar surface area (TPSA) is 143 Å². The molecule has 2 amide bonds. The smallest absolute Gasteiger partial charge is 0.352 e. The van der Waals surface area contributed by atoms with Crippen molar-refractivity contribution in [3.05, 3.63) is 54.4 Å². The molecule has 4 rings (SSSR count). The van der Waals surface area contributed by atoms with Gasteiger partial charge in [0.2, 0.25) is 0 Å². The van der Waals surface area contributed by atoms with Gasteiger partial charge in [-0.25, -0.2) is 9.59 Å². The van der Waals surface area contributed by atoms with Gasteiger partial charge in [0.25, 0.3) is 11.8 Å². The molecule has 0 saturated carbocycles. The largest absolute Gasteiger partial charge is 0.477 e. The van der Waals surface area contributed by atoms with Crippen molar-refractivity contribution in [2.24, 2.45) is 0 Å². The molecule has 0 spiro atoms. The summed E-state index contributed by atoms with van der Waals surface area (Å²) in [6.45, 7) is 0.946. The maximum atomic E-state index is 12.8. The van der Waals surface area contributed by atoms with Crippen LogP contribution in [0.4, 0.5) is 0 Å². The second-order valence-corrected chi connectivity index (χ2v) is 10.0. The van der Waals surface area contributed by atoms with Gasteiger partial charge in [0.05, 0.1) is 4.47 Å². The highest BCUT2D eigenvalue weighted by Gasteiger charge is 2.54. The molecule has 1 saturated heterocycles. The third-order valence-electron chi connectivity index (χ3n) is 4.98. The van der Waals surface area contributed by atoms with Crippen LogP contribution in [0, 0.1) is 0 Å². The number of β-lactam (4-membered cyclic amide) rings is 1. The summed E-state index contributed by atoms with van der Waals surface area (Å²) in [4.78, 5) is 61.8. The minimum absolute atomic E-state index is 0.190. The van der Waals surface area contributed by atoms with E-state index in [1.807, 2.05) is 0 Å². The highest BCUT2D eigenvalue weighted by atomic mass is 79.9. The van der Waals surface area contributed by atoms with Crippen LogP contribution in [0.3, 0.4) is 0 Å². The molecule has 1 fully saturated rings. The quantitative estimate of drug-likeness (QED) is 0.299. The summed E-state index contributed by atoms with van der Waals surface area (Å²) in [7, 11) is 0. The summed E-state index contributed by atoms with van der Waals surface area (Å²) >= 11 is 7.84. The molecule has 33 heavy (non-hydrogen) atoms. The Morgan fingerprint density at radius 2 is 2.00 bits per heavy atom. The Hall–Kier alpha value is -2.64. The zero-order chi connectivity index (χ0) is 24.0. The van der Waals surface area contributed by atoms with Gasteiger partial charge >= 0.3 is 17.6 Å². The van der Waals surface area contributed by atoms with E-state index in [4.69, 9.17) is 9.15 Å². The second kappa shape index (κ2) is 8.95. The zero-order valence-electron chi connectivity index (χ0n) is 16.7. The number of rotatable bonds is 5. The summed E-state index contributed by atoms with van der Waals surface area (Å²) in [5.74, 6) is -3.18. The molecule has 3 heterocycles. The van der Waals surface area contributed by atoms with E-state index in [2.05, 4.69) is 37.2 Å². The van der Waals surface area contributed by atoms with Gasteiger partial charge in [-0.2, -0.15) is 0 Å². The number of nitrogens with zero attached hydrogens (tertiary/aromatic N) is 1. The summed E-state index contributed by atoms with van der Waals surface area (Å²) in [5, 5.41) is 11.9. The van der Waals surface area contributed by atoms with Crippen molar-refractivity contribution in [3.63, 3.8) is 0 Å². The predicted octanol–water partition coefficient (Wildman–Crippen LogP) is 2.23.